The van der Waals surface area contributed by atoms with Crippen LogP contribution in [0.25, 0.3) is 0 Å². The number of carbonyl (C=O) groups is 2. The van der Waals surface area contributed by atoms with Gasteiger partial charge in [-0.05, 0) is 68.4 Å². The number of nitrogens with zero attached hydrogens (tertiary/aromatic N) is 1. The average molecular weight is 562 g/mol. The Balaban J connectivity index is 0.000000367. The number of anilines is 1. The summed E-state index contributed by atoms with van der Waals surface area (Å²) in [6.45, 7) is 9.51. The Morgan fingerprint density at radius 1 is 0.974 bits per heavy atom. The maximum absolute atomic E-state index is 11.7. The van der Waals surface area contributed by atoms with E-state index in [1.807, 2.05) is 24.8 Å². The first kappa shape index (κ1) is 34.8. The minimum Gasteiger partial charge on any atom is -0.461 e. The van der Waals surface area contributed by atoms with E-state index in [9.17, 15) is 14.7 Å². The Bertz CT molecular complexity index is 912. The van der Waals surface area contributed by atoms with Crippen LogP contribution in [0.3, 0.4) is 0 Å². The molecule has 0 bridgehead atoms. The lowest BCUT2D eigenvalue weighted by molar-refractivity contribution is -0.117. The molecule has 0 saturated carbocycles. The van der Waals surface area contributed by atoms with Crippen LogP contribution in [0.15, 0.2) is 36.4 Å². The predicted octanol–water partition coefficient (Wildman–Crippen LogP) is 7.34. The lowest BCUT2D eigenvalue weighted by Crippen LogP contribution is -2.23. The van der Waals surface area contributed by atoms with E-state index in [-0.39, 0.29) is 25.1 Å². The highest BCUT2D eigenvalue weighted by atomic mass is 32.1. The largest absolute Gasteiger partial charge is 0.461 e. The van der Waals surface area contributed by atoms with Gasteiger partial charge in [-0.15, -0.1) is 11.3 Å². The fourth-order valence-corrected chi connectivity index (χ4v) is 5.22. The van der Waals surface area contributed by atoms with Crippen molar-refractivity contribution in [2.45, 2.75) is 111 Å². The van der Waals surface area contributed by atoms with Gasteiger partial charge >= 0.3 is 5.97 Å². The summed E-state index contributed by atoms with van der Waals surface area (Å²) in [5.74, 6) is -0.0487. The van der Waals surface area contributed by atoms with Crippen molar-refractivity contribution in [1.29, 1.82) is 0 Å². The number of benzene rings is 1. The van der Waals surface area contributed by atoms with Gasteiger partial charge < -0.3 is 19.8 Å². The zero-order valence-electron chi connectivity index (χ0n) is 24.6. The van der Waals surface area contributed by atoms with Crippen molar-refractivity contribution in [3.05, 3.63) is 51.7 Å². The average Bonchev–Trinajstić information content (AvgIpc) is 3.61. The first-order valence-corrected chi connectivity index (χ1v) is 15.7. The molecule has 1 unspecified atom stereocenters. The highest BCUT2D eigenvalue weighted by Crippen LogP contribution is 2.22. The molecular weight excluding hydrogens is 510 g/mol. The second kappa shape index (κ2) is 21.6. The maximum atomic E-state index is 11.7. The van der Waals surface area contributed by atoms with Gasteiger partial charge in [0.1, 0.15) is 4.88 Å². The normalized spacial score (nSPS) is 13.3. The van der Waals surface area contributed by atoms with E-state index in [2.05, 4.69) is 38.1 Å². The van der Waals surface area contributed by atoms with E-state index in [1.54, 1.807) is 6.07 Å². The summed E-state index contributed by atoms with van der Waals surface area (Å²) in [7, 11) is 0. The number of thiophene rings is 1. The molecule has 39 heavy (non-hydrogen) atoms. The molecule has 1 atom stereocenters. The van der Waals surface area contributed by atoms with E-state index in [1.165, 1.54) is 47.5 Å². The molecule has 2 N–H and O–H groups in total. The van der Waals surface area contributed by atoms with E-state index in [0.29, 0.717) is 30.6 Å². The highest BCUT2D eigenvalue weighted by Gasteiger charge is 2.21. The second-order valence-electron chi connectivity index (χ2n) is 9.59. The van der Waals surface area contributed by atoms with E-state index in [4.69, 9.17) is 9.84 Å². The number of carbonyl (C=O) groups excluding carboxylic acids is 2. The molecule has 0 spiro atoms. The summed E-state index contributed by atoms with van der Waals surface area (Å²) >= 11 is 1.47. The van der Waals surface area contributed by atoms with Crippen molar-refractivity contribution in [1.82, 2.24) is 0 Å². The second-order valence-corrected chi connectivity index (χ2v) is 10.8. The van der Waals surface area contributed by atoms with Crippen LogP contribution < -0.4 is 4.90 Å². The van der Waals surface area contributed by atoms with Crippen molar-refractivity contribution >= 4 is 28.9 Å². The summed E-state index contributed by atoms with van der Waals surface area (Å²) in [6.07, 6.45) is 11.1. The van der Waals surface area contributed by atoms with E-state index < -0.39 is 6.10 Å². The van der Waals surface area contributed by atoms with Gasteiger partial charge in [0.05, 0.1) is 12.7 Å². The minimum absolute atomic E-state index is 0.0756. The number of ether oxygens (including phenoxy) is 1. The highest BCUT2D eigenvalue weighted by molar-refractivity contribution is 7.13. The molecule has 2 aromatic rings. The van der Waals surface area contributed by atoms with Crippen molar-refractivity contribution < 1.29 is 24.5 Å². The molecule has 1 saturated heterocycles. The number of hydrogen-bond donors (Lipinski definition) is 2. The minimum atomic E-state index is -0.515. The number of rotatable bonds is 15. The summed E-state index contributed by atoms with van der Waals surface area (Å²) in [5.41, 5.74) is 2.45. The number of aryl methyl sites for hydroxylation is 2. The lowest BCUT2D eigenvalue weighted by Gasteiger charge is -2.15. The van der Waals surface area contributed by atoms with Gasteiger partial charge in [-0.25, -0.2) is 4.79 Å². The molecular formula is C32H51NO5S. The summed E-state index contributed by atoms with van der Waals surface area (Å²) < 4.78 is 5.12. The van der Waals surface area contributed by atoms with E-state index >= 15 is 0 Å². The topological polar surface area (TPSA) is 87.1 Å². The van der Waals surface area contributed by atoms with Crippen molar-refractivity contribution in [2.75, 3.05) is 24.7 Å². The number of esters is 1. The first-order valence-electron chi connectivity index (χ1n) is 14.9. The molecule has 1 aliphatic heterocycles. The molecule has 220 valence electrons. The third-order valence-electron chi connectivity index (χ3n) is 6.38. The number of hydrogen-bond acceptors (Lipinski definition) is 6. The van der Waals surface area contributed by atoms with Crippen LogP contribution in [0, 0.1) is 0 Å². The summed E-state index contributed by atoms with van der Waals surface area (Å²) in [5, 5.41) is 18.2. The molecule has 1 aromatic heterocycles. The molecule has 2 heterocycles. The Kier molecular flexibility index (Phi) is 19.3. The van der Waals surface area contributed by atoms with E-state index in [0.717, 1.165) is 37.9 Å². The van der Waals surface area contributed by atoms with Crippen LogP contribution in [0.2, 0.25) is 0 Å². The summed E-state index contributed by atoms with van der Waals surface area (Å²) in [6, 6.07) is 12.3. The molecule has 7 heteroatoms. The number of amides is 1. The fourth-order valence-electron chi connectivity index (χ4n) is 4.22. The van der Waals surface area contributed by atoms with Gasteiger partial charge in [-0.1, -0.05) is 65.5 Å². The Morgan fingerprint density at radius 3 is 2.33 bits per heavy atom. The maximum Gasteiger partial charge on any atom is 0.348 e. The Morgan fingerprint density at radius 2 is 1.72 bits per heavy atom. The van der Waals surface area contributed by atoms with Gasteiger partial charge in [0.15, 0.2) is 0 Å². The van der Waals surface area contributed by atoms with Crippen LogP contribution in [0.5, 0.6) is 0 Å². The fraction of sp³-hybridized carbons (Fsp3) is 0.625. The molecule has 1 aliphatic rings. The molecule has 0 aliphatic carbocycles. The predicted molar refractivity (Wildman–Crippen MR) is 163 cm³/mol. The molecule has 3 rings (SSSR count). The first-order chi connectivity index (χ1) is 19.0. The van der Waals surface area contributed by atoms with Gasteiger partial charge in [-0.3, -0.25) is 4.79 Å². The molecule has 1 aromatic carbocycles. The van der Waals surface area contributed by atoms with Crippen LogP contribution in [-0.2, 0) is 22.4 Å². The van der Waals surface area contributed by atoms with Gasteiger partial charge in [0, 0.05) is 36.6 Å². The Hall–Kier alpha value is -2.22. The Labute approximate surface area is 240 Å². The van der Waals surface area contributed by atoms with Crippen molar-refractivity contribution in [3.63, 3.8) is 0 Å². The van der Waals surface area contributed by atoms with Crippen molar-refractivity contribution in [3.8, 4) is 0 Å². The van der Waals surface area contributed by atoms with Crippen LogP contribution in [0.4, 0.5) is 5.69 Å². The van der Waals surface area contributed by atoms with Gasteiger partial charge in [0.2, 0.25) is 5.91 Å². The number of aliphatic hydroxyl groups excluding tert-OH is 2. The smallest absolute Gasteiger partial charge is 0.348 e. The van der Waals surface area contributed by atoms with Crippen molar-refractivity contribution in [2.24, 2.45) is 0 Å². The molecule has 1 fully saturated rings. The zero-order valence-corrected chi connectivity index (χ0v) is 25.4. The van der Waals surface area contributed by atoms with Gasteiger partial charge in [-0.2, -0.15) is 0 Å². The monoisotopic (exact) mass is 561 g/mol. The number of unbranched alkanes of at least 4 members (excludes halogenated alkanes) is 3. The van der Waals surface area contributed by atoms with Crippen LogP contribution in [-0.4, -0.2) is 48.0 Å². The molecule has 1 amide bonds. The summed E-state index contributed by atoms with van der Waals surface area (Å²) in [4.78, 5) is 27.1. The molecule has 6 nitrogen and oxygen atoms in total. The standard InChI is InChI=1S/C16H23NO.C14H22O4S.C2H6/c1-2-3-4-5-7-14-9-11-15(12-10-14)17-13-6-8-16(17)18;1-2-4-12-6-7-13(19-12)14(17)18-10-8-11(16)5-3-9-15;1-2/h9-12H,2-8,13H2,1H3;6-7,11,15-16H,2-5,8-10H2,1H3;1-2H3. The number of aliphatic hydroxyl groups is 2. The zero-order chi connectivity index (χ0) is 28.9. The quantitative estimate of drug-likeness (QED) is 0.175. The van der Waals surface area contributed by atoms with Crippen LogP contribution >= 0.6 is 11.3 Å². The SMILES string of the molecule is CC.CCCCCCc1ccc(N2CCCC2=O)cc1.CCCc1ccc(C(=O)OCCC(O)CCCO)s1. The van der Waals surface area contributed by atoms with Gasteiger partial charge in [0.25, 0.3) is 0 Å². The lowest BCUT2D eigenvalue weighted by atomic mass is 10.1. The van der Waals surface area contributed by atoms with Crippen LogP contribution in [0.1, 0.15) is 112 Å². The third-order valence-corrected chi connectivity index (χ3v) is 7.50. The third kappa shape index (κ3) is 14.1. The molecule has 0 radical (unpaired) electrons.